The maximum atomic E-state index is 6.78. The summed E-state index contributed by atoms with van der Waals surface area (Å²) < 4.78 is 13.8. The minimum absolute atomic E-state index is 0.869. The van der Waals surface area contributed by atoms with Crippen LogP contribution in [0, 0.1) is 0 Å². The molecule has 12 rings (SSSR count). The molecule has 4 aromatic heterocycles. The summed E-state index contributed by atoms with van der Waals surface area (Å²) in [6, 6.07) is 67.6. The van der Waals surface area contributed by atoms with E-state index in [0.717, 1.165) is 55.8 Å². The summed E-state index contributed by atoms with van der Waals surface area (Å²) in [5, 5.41) is 8.43. The number of rotatable bonds is 4. The van der Waals surface area contributed by atoms with Gasteiger partial charge in [-0.05, 0) is 83.9 Å². The summed E-state index contributed by atoms with van der Waals surface area (Å²) in [6.45, 7) is 0. The van der Waals surface area contributed by atoms with Crippen LogP contribution >= 0.6 is 0 Å². The number of aromatic nitrogens is 3. The van der Waals surface area contributed by atoms with Crippen molar-refractivity contribution in [3.63, 3.8) is 0 Å². The normalized spacial score (nSPS) is 12.1. The summed E-state index contributed by atoms with van der Waals surface area (Å²) in [5.74, 6) is 0. The van der Waals surface area contributed by atoms with Crippen LogP contribution in [0.3, 0.4) is 0 Å². The molecule has 0 unspecified atom stereocenters. The van der Waals surface area contributed by atoms with Crippen molar-refractivity contribution in [3.8, 4) is 28.2 Å². The second kappa shape index (κ2) is 11.1. The number of nitrogens with zero attached hydrogens (tertiary/aromatic N) is 3. The van der Waals surface area contributed by atoms with E-state index in [1.54, 1.807) is 0 Å². The van der Waals surface area contributed by atoms with Gasteiger partial charge in [-0.2, -0.15) is 0 Å². The van der Waals surface area contributed by atoms with E-state index in [-0.39, 0.29) is 0 Å². The van der Waals surface area contributed by atoms with Gasteiger partial charge in [0, 0.05) is 49.4 Å². The van der Waals surface area contributed by atoms with E-state index in [4.69, 9.17) is 4.42 Å². The first-order chi connectivity index (χ1) is 26.8. The van der Waals surface area contributed by atoms with Crippen molar-refractivity contribution in [3.05, 3.63) is 188 Å². The predicted molar refractivity (Wildman–Crippen MR) is 225 cm³/mol. The van der Waals surface area contributed by atoms with Crippen LogP contribution in [-0.4, -0.2) is 13.7 Å². The lowest BCUT2D eigenvalue weighted by Crippen LogP contribution is -1.96. The molecule has 0 saturated heterocycles. The van der Waals surface area contributed by atoms with Crippen molar-refractivity contribution in [1.82, 2.24) is 13.7 Å². The molecule has 0 bridgehead atoms. The van der Waals surface area contributed by atoms with Gasteiger partial charge in [0.15, 0.2) is 0 Å². The Balaban J connectivity index is 1.07. The first kappa shape index (κ1) is 29.3. The number of para-hydroxylation sites is 5. The van der Waals surface area contributed by atoms with Crippen LogP contribution in [0.1, 0.15) is 0 Å². The lowest BCUT2D eigenvalue weighted by Gasteiger charge is -2.11. The Labute approximate surface area is 309 Å². The van der Waals surface area contributed by atoms with Gasteiger partial charge in [0.05, 0.1) is 33.0 Å². The number of hydrogen-bond donors (Lipinski definition) is 0. The van der Waals surface area contributed by atoms with E-state index in [2.05, 4.69) is 202 Å². The Morgan fingerprint density at radius 2 is 0.759 bits per heavy atom. The van der Waals surface area contributed by atoms with E-state index in [1.165, 1.54) is 49.0 Å². The maximum Gasteiger partial charge on any atom is 0.213 e. The minimum Gasteiger partial charge on any atom is -0.439 e. The molecule has 0 atom stereocenters. The molecule has 0 saturated carbocycles. The van der Waals surface area contributed by atoms with Gasteiger partial charge in [0.1, 0.15) is 5.58 Å². The van der Waals surface area contributed by atoms with E-state index in [0.29, 0.717) is 0 Å². The second-order valence-electron chi connectivity index (χ2n) is 14.2. The van der Waals surface area contributed by atoms with Crippen molar-refractivity contribution >= 4 is 76.6 Å². The van der Waals surface area contributed by atoms with Crippen molar-refractivity contribution in [2.75, 3.05) is 0 Å². The van der Waals surface area contributed by atoms with Gasteiger partial charge in [-0.1, -0.05) is 115 Å². The standard InChI is InChI=1S/C50H31N3O/c1-3-13-34(14-4-1)51-46-29-32(33-24-27-42-48(30-33)54-50-49(42)41-19-9-12-22-45(41)53(50)35-15-5-2-6-16-35)23-26-39(46)40-28-25-36(31-47(40)51)52-43-20-10-7-17-37(43)38-18-8-11-21-44(38)52/h1-31H. The molecule has 0 aliphatic rings. The summed E-state index contributed by atoms with van der Waals surface area (Å²) in [6.07, 6.45) is 0. The Hall–Kier alpha value is -7.30. The third-order valence-corrected chi connectivity index (χ3v) is 11.2. The first-order valence-electron chi connectivity index (χ1n) is 18.4. The Morgan fingerprint density at radius 1 is 0.296 bits per heavy atom. The average molecular weight is 690 g/mol. The van der Waals surface area contributed by atoms with Crippen molar-refractivity contribution in [2.24, 2.45) is 0 Å². The number of furan rings is 1. The summed E-state index contributed by atoms with van der Waals surface area (Å²) in [7, 11) is 0. The molecule has 54 heavy (non-hydrogen) atoms. The van der Waals surface area contributed by atoms with Crippen LogP contribution in [-0.2, 0) is 0 Å². The van der Waals surface area contributed by atoms with E-state index >= 15 is 0 Å². The molecule has 4 heteroatoms. The van der Waals surface area contributed by atoms with Gasteiger partial charge in [0.25, 0.3) is 0 Å². The molecule has 252 valence electrons. The average Bonchev–Trinajstić information content (AvgIpc) is 3.96. The molecule has 0 spiro atoms. The van der Waals surface area contributed by atoms with Gasteiger partial charge >= 0.3 is 0 Å². The SMILES string of the molecule is c1ccc(-n2c3cc(-c4ccc5c(c4)oc4c5c5ccccc5n4-c4ccccc4)ccc3c3ccc(-n4c5ccccc5c5ccccc54)cc32)cc1. The molecule has 0 radical (unpaired) electrons. The first-order valence-corrected chi connectivity index (χ1v) is 18.4. The Bertz CT molecular complexity index is 3380. The Kier molecular flexibility index (Phi) is 6.02. The highest BCUT2D eigenvalue weighted by molar-refractivity contribution is 6.20. The smallest absolute Gasteiger partial charge is 0.213 e. The van der Waals surface area contributed by atoms with Gasteiger partial charge < -0.3 is 13.6 Å². The number of fused-ring (bicyclic) bond motifs is 11. The molecule has 0 N–H and O–H groups in total. The highest BCUT2D eigenvalue weighted by Crippen LogP contribution is 2.42. The third-order valence-electron chi connectivity index (χ3n) is 11.2. The van der Waals surface area contributed by atoms with Gasteiger partial charge in [-0.3, -0.25) is 4.57 Å². The molecule has 8 aromatic carbocycles. The van der Waals surface area contributed by atoms with Crippen LogP contribution < -0.4 is 0 Å². The van der Waals surface area contributed by atoms with Crippen LogP contribution in [0.15, 0.2) is 192 Å². The monoisotopic (exact) mass is 689 g/mol. The van der Waals surface area contributed by atoms with Crippen LogP contribution in [0.5, 0.6) is 0 Å². The number of benzene rings is 8. The van der Waals surface area contributed by atoms with Crippen LogP contribution in [0.25, 0.3) is 105 Å². The van der Waals surface area contributed by atoms with Gasteiger partial charge in [-0.15, -0.1) is 0 Å². The molecule has 0 aliphatic carbocycles. The molecular weight excluding hydrogens is 659 g/mol. The summed E-state index contributed by atoms with van der Waals surface area (Å²) >= 11 is 0. The molecule has 4 heterocycles. The molecule has 0 amide bonds. The third kappa shape index (κ3) is 4.08. The topological polar surface area (TPSA) is 27.9 Å². The molecule has 0 fully saturated rings. The quantitative estimate of drug-likeness (QED) is 0.181. The fourth-order valence-corrected chi connectivity index (χ4v) is 8.89. The fourth-order valence-electron chi connectivity index (χ4n) is 8.89. The maximum absolute atomic E-state index is 6.78. The minimum atomic E-state index is 0.869. The van der Waals surface area contributed by atoms with Gasteiger partial charge in [-0.25, -0.2) is 0 Å². The zero-order valence-corrected chi connectivity index (χ0v) is 29.1. The van der Waals surface area contributed by atoms with E-state index in [9.17, 15) is 0 Å². The van der Waals surface area contributed by atoms with Gasteiger partial charge in [0.2, 0.25) is 5.71 Å². The Morgan fingerprint density at radius 3 is 1.43 bits per heavy atom. The van der Waals surface area contributed by atoms with Crippen molar-refractivity contribution < 1.29 is 4.42 Å². The van der Waals surface area contributed by atoms with Crippen molar-refractivity contribution in [1.29, 1.82) is 0 Å². The fraction of sp³-hybridized carbons (Fsp3) is 0. The predicted octanol–water partition coefficient (Wildman–Crippen LogP) is 13.4. The lowest BCUT2D eigenvalue weighted by atomic mass is 10.0. The van der Waals surface area contributed by atoms with E-state index in [1.807, 2.05) is 0 Å². The van der Waals surface area contributed by atoms with Crippen LogP contribution in [0.2, 0.25) is 0 Å². The molecule has 4 nitrogen and oxygen atoms in total. The van der Waals surface area contributed by atoms with Crippen molar-refractivity contribution in [2.45, 2.75) is 0 Å². The highest BCUT2D eigenvalue weighted by Gasteiger charge is 2.21. The molecule has 12 aromatic rings. The molecule has 0 aliphatic heterocycles. The van der Waals surface area contributed by atoms with E-state index < -0.39 is 0 Å². The summed E-state index contributed by atoms with van der Waals surface area (Å²) in [4.78, 5) is 0. The van der Waals surface area contributed by atoms with Crippen LogP contribution in [0.4, 0.5) is 0 Å². The highest BCUT2D eigenvalue weighted by atomic mass is 16.3. The summed E-state index contributed by atoms with van der Waals surface area (Å²) in [5.41, 5.74) is 13.3. The molecular formula is C50H31N3O. The zero-order chi connectivity index (χ0) is 35.3. The lowest BCUT2D eigenvalue weighted by molar-refractivity contribution is 0.645. The largest absolute Gasteiger partial charge is 0.439 e. The second-order valence-corrected chi connectivity index (χ2v) is 14.2. The number of hydrogen-bond acceptors (Lipinski definition) is 1. The zero-order valence-electron chi connectivity index (χ0n) is 29.1.